The van der Waals surface area contributed by atoms with Gasteiger partial charge in [-0.2, -0.15) is 49.0 Å². The van der Waals surface area contributed by atoms with Gasteiger partial charge in [0.25, 0.3) is 0 Å². The Hall–Kier alpha value is -6.57. The van der Waals surface area contributed by atoms with Crippen LogP contribution >= 0.6 is 0 Å². The molecular formula is C28H24N10O9S. The summed E-state index contributed by atoms with van der Waals surface area (Å²) in [6.07, 6.45) is 0.250. The molecule has 0 atom stereocenters. The van der Waals surface area contributed by atoms with Crippen molar-refractivity contribution in [3.63, 3.8) is 0 Å². The molecule has 19 nitrogen and oxygen atoms in total. The lowest BCUT2D eigenvalue weighted by Gasteiger charge is -2.15. The third-order valence-corrected chi connectivity index (χ3v) is 7.40. The van der Waals surface area contributed by atoms with Gasteiger partial charge in [-0.25, -0.2) is 4.79 Å². The fraction of sp³-hybridized carbons (Fsp3) is 0.0357. The van der Waals surface area contributed by atoms with E-state index in [-0.39, 0.29) is 56.3 Å². The Kier molecular flexibility index (Phi) is 10.5. The van der Waals surface area contributed by atoms with Crippen LogP contribution in [0.15, 0.2) is 81.9 Å². The van der Waals surface area contributed by atoms with E-state index in [4.69, 9.17) is 27.1 Å². The second kappa shape index (κ2) is 14.7. The summed E-state index contributed by atoms with van der Waals surface area (Å²) in [6, 6.07) is 16.0. The van der Waals surface area contributed by atoms with Gasteiger partial charge in [-0.05, 0) is 60.3 Å². The number of azo groups is 1. The number of fused-ring (bicyclic) bond motifs is 1. The zero-order valence-electron chi connectivity index (χ0n) is 24.5. The minimum Gasteiger partial charge on any atom is -0.505 e. The number of aromatic hydroxyl groups is 2. The molecule has 5 aromatic rings. The first-order chi connectivity index (χ1) is 22.9. The number of carbonyl (C=O) groups is 1. The number of phenols is 1. The van der Waals surface area contributed by atoms with Crippen LogP contribution in [0.3, 0.4) is 0 Å². The van der Waals surface area contributed by atoms with Gasteiger partial charge in [-0.3, -0.25) is 0 Å². The molecule has 0 saturated heterocycles. The Morgan fingerprint density at radius 1 is 0.896 bits per heavy atom. The first-order valence-corrected chi connectivity index (χ1v) is 14.5. The van der Waals surface area contributed by atoms with Gasteiger partial charge in [-0.15, -0.1) is 10.2 Å². The molecule has 0 fully saturated rings. The molecule has 0 aliphatic heterocycles. The average Bonchev–Trinajstić information content (AvgIpc) is 3.05. The SMILES string of the molecule is Cc1cc2cc(S(=O)(=O)ON)cc(Nc3nc(O)nc(Nc4ccccc4N)n3)c2c(O)c1N=Nc1ccccc1C(=O)ON.O=C=O. The number of rotatable bonds is 9. The normalized spacial score (nSPS) is 11.0. The summed E-state index contributed by atoms with van der Waals surface area (Å²) in [6.45, 7) is 1.60. The van der Waals surface area contributed by atoms with E-state index in [0.29, 0.717) is 16.9 Å². The molecule has 1 heterocycles. The lowest BCUT2D eigenvalue weighted by Crippen LogP contribution is -2.12. The first kappa shape index (κ1) is 34.3. The van der Waals surface area contributed by atoms with Crippen LogP contribution in [0.1, 0.15) is 15.9 Å². The summed E-state index contributed by atoms with van der Waals surface area (Å²) in [5.41, 5.74) is 7.22. The standard InChI is InChI=1S/C27H24N10O7S.CO2/c1-13-10-14-11-15(45(41,42)44-30)12-20(32-26-33-25(34-27(40)35-26)31-19-9-5-3-7-17(19)28)21(14)23(38)22(13)37-36-18-8-4-2-6-16(18)24(39)43-29;2-1-3/h2-12,38H,28-30H2,1H3,(H3,31,32,33,34,35,40);. The van der Waals surface area contributed by atoms with E-state index in [1.807, 2.05) is 0 Å². The zero-order valence-corrected chi connectivity index (χ0v) is 25.3. The van der Waals surface area contributed by atoms with Gasteiger partial charge >= 0.3 is 28.2 Å². The van der Waals surface area contributed by atoms with Crippen LogP contribution in [0, 0.1) is 6.92 Å². The number of hydrogen-bond donors (Lipinski definition) is 7. The Morgan fingerprint density at radius 2 is 1.52 bits per heavy atom. The summed E-state index contributed by atoms with van der Waals surface area (Å²) in [4.78, 5) is 44.2. The summed E-state index contributed by atoms with van der Waals surface area (Å²) in [5.74, 6) is 8.41. The second-order valence-corrected chi connectivity index (χ2v) is 10.9. The van der Waals surface area contributed by atoms with Gasteiger partial charge in [0.05, 0.1) is 27.5 Å². The lowest BCUT2D eigenvalue weighted by molar-refractivity contribution is -0.191. The number of benzene rings is 4. The Balaban J connectivity index is 0.00000167. The van der Waals surface area contributed by atoms with Crippen LogP contribution in [0.25, 0.3) is 10.8 Å². The van der Waals surface area contributed by atoms with Gasteiger partial charge < -0.3 is 31.4 Å². The van der Waals surface area contributed by atoms with Crippen LogP contribution in [-0.2, 0) is 28.8 Å². The Labute approximate surface area is 270 Å². The molecular weight excluding hydrogens is 652 g/mol. The summed E-state index contributed by atoms with van der Waals surface area (Å²) < 4.78 is 29.4. The third-order valence-electron chi connectivity index (χ3n) is 6.33. The van der Waals surface area contributed by atoms with Crippen LogP contribution in [0.4, 0.5) is 40.3 Å². The highest BCUT2D eigenvalue weighted by atomic mass is 32.2. The fourth-order valence-electron chi connectivity index (χ4n) is 4.28. The number of nitrogen functional groups attached to an aromatic ring is 1. The highest BCUT2D eigenvalue weighted by molar-refractivity contribution is 7.86. The van der Waals surface area contributed by atoms with E-state index >= 15 is 0 Å². The molecule has 0 saturated carbocycles. The van der Waals surface area contributed by atoms with E-state index < -0.39 is 27.8 Å². The van der Waals surface area contributed by atoms with Crippen molar-refractivity contribution in [3.8, 4) is 11.8 Å². The van der Waals surface area contributed by atoms with Crippen LogP contribution in [0.2, 0.25) is 0 Å². The molecule has 1 aromatic heterocycles. The monoisotopic (exact) mass is 676 g/mol. The number of para-hydroxylation sites is 2. The molecule has 48 heavy (non-hydrogen) atoms. The molecule has 0 radical (unpaired) electrons. The number of nitrogens with two attached hydrogens (primary N) is 3. The fourth-order valence-corrected chi connectivity index (χ4v) is 4.92. The molecule has 0 unspecified atom stereocenters. The molecule has 10 N–H and O–H groups in total. The number of hydrogen-bond acceptors (Lipinski definition) is 19. The van der Waals surface area contributed by atoms with Gasteiger partial charge in [0.1, 0.15) is 11.4 Å². The molecule has 0 amide bonds. The highest BCUT2D eigenvalue weighted by Gasteiger charge is 2.22. The highest BCUT2D eigenvalue weighted by Crippen LogP contribution is 2.44. The van der Waals surface area contributed by atoms with Crippen molar-refractivity contribution in [3.05, 3.63) is 77.9 Å². The Bertz CT molecular complexity index is 2190. The maximum Gasteiger partial charge on any atom is 0.373 e. The number of carbonyl (C=O) groups excluding carboxylic acids is 3. The van der Waals surface area contributed by atoms with Crippen LogP contribution < -0.4 is 28.2 Å². The van der Waals surface area contributed by atoms with E-state index in [1.165, 1.54) is 24.3 Å². The van der Waals surface area contributed by atoms with Gasteiger partial charge in [-0.1, -0.05) is 24.3 Å². The smallest absolute Gasteiger partial charge is 0.373 e. The minimum atomic E-state index is -4.43. The predicted molar refractivity (Wildman–Crippen MR) is 167 cm³/mol. The molecule has 0 bridgehead atoms. The number of aromatic nitrogens is 3. The van der Waals surface area contributed by atoms with E-state index in [9.17, 15) is 23.4 Å². The average molecular weight is 677 g/mol. The topological polar surface area (TPSA) is 310 Å². The summed E-state index contributed by atoms with van der Waals surface area (Å²) in [5, 5.41) is 35.8. The predicted octanol–water partition coefficient (Wildman–Crippen LogP) is 3.26. The van der Waals surface area contributed by atoms with Crippen molar-refractivity contribution in [2.24, 2.45) is 22.0 Å². The molecule has 20 heteroatoms. The molecule has 246 valence electrons. The van der Waals surface area contributed by atoms with Crippen LogP contribution in [-0.4, -0.2) is 45.7 Å². The largest absolute Gasteiger partial charge is 0.505 e. The minimum absolute atomic E-state index is 0.0208. The summed E-state index contributed by atoms with van der Waals surface area (Å²) >= 11 is 0. The number of aryl methyl sites for hydroxylation is 1. The van der Waals surface area contributed by atoms with Crippen molar-refractivity contribution in [2.75, 3.05) is 16.4 Å². The van der Waals surface area contributed by atoms with Crippen molar-refractivity contribution in [1.82, 2.24) is 15.0 Å². The van der Waals surface area contributed by atoms with Crippen molar-refractivity contribution < 1.29 is 42.1 Å². The quantitative estimate of drug-likeness (QED) is 0.0669. The second-order valence-electron chi connectivity index (χ2n) is 9.34. The third kappa shape index (κ3) is 7.62. The van der Waals surface area contributed by atoms with Gasteiger partial charge in [0.15, 0.2) is 5.75 Å². The van der Waals surface area contributed by atoms with E-state index in [0.717, 1.165) is 6.07 Å². The first-order valence-electron chi connectivity index (χ1n) is 13.1. The molecule has 0 aliphatic carbocycles. The molecule has 0 aliphatic rings. The van der Waals surface area contributed by atoms with Gasteiger partial charge in [0, 0.05) is 5.39 Å². The number of nitrogens with zero attached hydrogens (tertiary/aromatic N) is 5. The number of nitrogens with one attached hydrogen (secondary N) is 2. The molecule has 5 rings (SSSR count). The maximum atomic E-state index is 12.6. The summed E-state index contributed by atoms with van der Waals surface area (Å²) in [7, 11) is -4.43. The number of anilines is 5. The Morgan fingerprint density at radius 3 is 2.17 bits per heavy atom. The van der Waals surface area contributed by atoms with Crippen molar-refractivity contribution >= 4 is 73.3 Å². The van der Waals surface area contributed by atoms with E-state index in [1.54, 1.807) is 43.3 Å². The molecule has 0 spiro atoms. The van der Waals surface area contributed by atoms with Crippen LogP contribution in [0.5, 0.6) is 11.8 Å². The lowest BCUT2D eigenvalue weighted by atomic mass is 10.0. The van der Waals surface area contributed by atoms with Crippen molar-refractivity contribution in [1.29, 1.82) is 0 Å². The van der Waals surface area contributed by atoms with Gasteiger partial charge in [0.2, 0.25) is 11.9 Å². The van der Waals surface area contributed by atoms with Crippen molar-refractivity contribution in [2.45, 2.75) is 11.8 Å². The maximum absolute atomic E-state index is 12.6. The zero-order chi connectivity index (χ0) is 35.0. The molecule has 4 aromatic carbocycles. The number of phenolic OH excluding ortho intramolecular Hbond substituents is 1. The van der Waals surface area contributed by atoms with E-state index in [2.05, 4.69) is 44.9 Å².